The molecule has 0 N–H and O–H groups in total. The van der Waals surface area contributed by atoms with Crippen molar-refractivity contribution in [3.05, 3.63) is 63.0 Å². The zero-order valence-electron chi connectivity index (χ0n) is 15.2. The van der Waals surface area contributed by atoms with E-state index in [1.165, 1.54) is 11.3 Å². The molecule has 2 aromatic heterocycles. The highest BCUT2D eigenvalue weighted by Gasteiger charge is 2.19. The topological polar surface area (TPSA) is 63.4 Å². The van der Waals surface area contributed by atoms with Gasteiger partial charge < -0.3 is 9.42 Å². The zero-order chi connectivity index (χ0) is 19.5. The van der Waals surface area contributed by atoms with Crippen LogP contribution in [0, 0.1) is 0 Å². The van der Waals surface area contributed by atoms with Crippen molar-refractivity contribution in [2.45, 2.75) is 25.7 Å². The van der Waals surface area contributed by atoms with E-state index >= 15 is 0 Å². The smallest absolute Gasteiger partial charge is 0.253 e. The largest absolute Gasteiger partial charge is 0.361 e. The molecule has 0 bridgehead atoms. The van der Waals surface area contributed by atoms with Crippen molar-refractivity contribution in [2.24, 2.45) is 0 Å². The molecule has 0 radical (unpaired) electrons. The Bertz CT molecular complexity index is 987. The van der Waals surface area contributed by atoms with Crippen LogP contribution in [0.15, 0.2) is 47.0 Å². The molecule has 4 rings (SSSR count). The first-order valence-corrected chi connectivity index (χ1v) is 10.4. The van der Waals surface area contributed by atoms with Crippen molar-refractivity contribution in [3.8, 4) is 11.3 Å². The number of aryl methyl sites for hydroxylation is 1. The number of ketones is 1. The van der Waals surface area contributed by atoms with Crippen LogP contribution in [0.2, 0.25) is 4.34 Å². The number of hydrogen-bond acceptors (Lipinski definition) is 5. The van der Waals surface area contributed by atoms with Gasteiger partial charge in [-0.1, -0.05) is 28.9 Å². The lowest BCUT2D eigenvalue weighted by atomic mass is 10.1. The molecule has 28 heavy (non-hydrogen) atoms. The van der Waals surface area contributed by atoms with Crippen LogP contribution in [0.3, 0.4) is 0 Å². The molecule has 0 aliphatic carbocycles. The maximum Gasteiger partial charge on any atom is 0.253 e. The van der Waals surface area contributed by atoms with Gasteiger partial charge in [-0.05, 0) is 37.1 Å². The van der Waals surface area contributed by atoms with E-state index in [0.29, 0.717) is 39.1 Å². The highest BCUT2D eigenvalue weighted by molar-refractivity contribution is 7.18. The molecule has 1 aromatic carbocycles. The van der Waals surface area contributed by atoms with Crippen LogP contribution in [0.5, 0.6) is 0 Å². The van der Waals surface area contributed by atoms with Gasteiger partial charge in [-0.25, -0.2) is 0 Å². The molecule has 3 heterocycles. The number of carbonyl (C=O) groups excluding carboxylic acids is 2. The van der Waals surface area contributed by atoms with Crippen LogP contribution in [0.25, 0.3) is 11.3 Å². The summed E-state index contributed by atoms with van der Waals surface area (Å²) in [4.78, 5) is 27.1. The average Bonchev–Trinajstić information content (AvgIpc) is 3.47. The first-order chi connectivity index (χ1) is 13.6. The van der Waals surface area contributed by atoms with Crippen molar-refractivity contribution >= 4 is 34.6 Å². The number of Topliss-reactive ketones (excluding diaryl/α,β-unsaturated/α-hetero) is 1. The van der Waals surface area contributed by atoms with E-state index in [1.807, 2.05) is 35.2 Å². The van der Waals surface area contributed by atoms with Crippen LogP contribution < -0.4 is 0 Å². The summed E-state index contributed by atoms with van der Waals surface area (Å²) in [6.07, 6.45) is 2.97. The number of benzene rings is 1. The van der Waals surface area contributed by atoms with Gasteiger partial charge in [-0.15, -0.1) is 11.3 Å². The van der Waals surface area contributed by atoms with Gasteiger partial charge in [-0.3, -0.25) is 9.59 Å². The van der Waals surface area contributed by atoms with E-state index in [2.05, 4.69) is 5.16 Å². The molecule has 1 fully saturated rings. The number of carbonyl (C=O) groups is 2. The lowest BCUT2D eigenvalue weighted by Gasteiger charge is -2.15. The predicted octanol–water partition coefficient (Wildman–Crippen LogP) is 5.11. The van der Waals surface area contributed by atoms with Crippen molar-refractivity contribution < 1.29 is 14.1 Å². The van der Waals surface area contributed by atoms with E-state index in [1.54, 1.807) is 12.1 Å². The third kappa shape index (κ3) is 4.18. The van der Waals surface area contributed by atoms with Gasteiger partial charge in [0, 0.05) is 43.1 Å². The first-order valence-electron chi connectivity index (χ1n) is 9.24. The van der Waals surface area contributed by atoms with Crippen molar-refractivity contribution in [3.63, 3.8) is 0 Å². The monoisotopic (exact) mass is 414 g/mol. The predicted molar refractivity (Wildman–Crippen MR) is 109 cm³/mol. The van der Waals surface area contributed by atoms with Crippen molar-refractivity contribution in [2.75, 3.05) is 13.1 Å². The minimum atomic E-state index is 0.0413. The van der Waals surface area contributed by atoms with E-state index < -0.39 is 0 Å². The van der Waals surface area contributed by atoms with Gasteiger partial charge in [0.25, 0.3) is 5.91 Å². The Morgan fingerprint density at radius 3 is 2.54 bits per heavy atom. The summed E-state index contributed by atoms with van der Waals surface area (Å²) in [6.45, 7) is 1.67. The Morgan fingerprint density at radius 2 is 1.86 bits per heavy atom. The molecule has 3 aromatic rings. The summed E-state index contributed by atoms with van der Waals surface area (Å²) in [5, 5.41) is 4.09. The summed E-state index contributed by atoms with van der Waals surface area (Å²) in [6, 6.07) is 12.7. The summed E-state index contributed by atoms with van der Waals surface area (Å²) in [5.74, 6) is 0.778. The van der Waals surface area contributed by atoms with Crippen LogP contribution in [0.1, 0.15) is 45.1 Å². The Balaban J connectivity index is 1.38. The quantitative estimate of drug-likeness (QED) is 0.526. The molecule has 7 heteroatoms. The molecular weight excluding hydrogens is 396 g/mol. The Morgan fingerprint density at radius 1 is 1.11 bits per heavy atom. The van der Waals surface area contributed by atoms with E-state index in [9.17, 15) is 9.59 Å². The van der Waals surface area contributed by atoms with Crippen LogP contribution >= 0.6 is 22.9 Å². The van der Waals surface area contributed by atoms with Crippen molar-refractivity contribution in [1.29, 1.82) is 0 Å². The van der Waals surface area contributed by atoms with E-state index in [-0.39, 0.29) is 11.7 Å². The SMILES string of the molecule is O=C(CCc1cc(-c2ccc(C(=O)N3CCCC3)cc2)no1)c1ccc(Cl)s1. The number of likely N-dealkylation sites (tertiary alicyclic amines) is 1. The Hall–Kier alpha value is -2.44. The van der Waals surface area contributed by atoms with Gasteiger partial charge in [0.2, 0.25) is 0 Å². The molecule has 1 saturated heterocycles. The second-order valence-electron chi connectivity index (χ2n) is 6.78. The fourth-order valence-corrected chi connectivity index (χ4v) is 4.29. The second kappa shape index (κ2) is 8.29. The molecule has 1 amide bonds. The maximum absolute atomic E-state index is 12.4. The lowest BCUT2D eigenvalue weighted by Crippen LogP contribution is -2.27. The molecule has 0 atom stereocenters. The van der Waals surface area contributed by atoms with Gasteiger partial charge in [-0.2, -0.15) is 0 Å². The number of hydrogen-bond donors (Lipinski definition) is 0. The number of amides is 1. The third-order valence-electron chi connectivity index (χ3n) is 4.83. The maximum atomic E-state index is 12.4. The minimum Gasteiger partial charge on any atom is -0.361 e. The van der Waals surface area contributed by atoms with Gasteiger partial charge in [0.1, 0.15) is 11.5 Å². The minimum absolute atomic E-state index is 0.0413. The summed E-state index contributed by atoms with van der Waals surface area (Å²) in [7, 11) is 0. The number of halogens is 1. The Kier molecular flexibility index (Phi) is 5.59. The molecule has 1 aliphatic heterocycles. The second-order valence-corrected chi connectivity index (χ2v) is 8.50. The summed E-state index contributed by atoms with van der Waals surface area (Å²) in [5.41, 5.74) is 2.26. The Labute approximate surface area is 171 Å². The van der Waals surface area contributed by atoms with E-state index in [0.717, 1.165) is 31.5 Å². The van der Waals surface area contributed by atoms with Gasteiger partial charge >= 0.3 is 0 Å². The molecule has 0 saturated carbocycles. The molecular formula is C21H19ClN2O3S. The first kappa shape index (κ1) is 18.9. The van der Waals surface area contributed by atoms with E-state index in [4.69, 9.17) is 16.1 Å². The number of aromatic nitrogens is 1. The molecule has 1 aliphatic rings. The molecule has 5 nitrogen and oxygen atoms in total. The van der Waals surface area contributed by atoms with Crippen LogP contribution in [0.4, 0.5) is 0 Å². The van der Waals surface area contributed by atoms with Crippen molar-refractivity contribution in [1.82, 2.24) is 10.1 Å². The fraction of sp³-hybridized carbons (Fsp3) is 0.286. The normalized spacial score (nSPS) is 13.8. The fourth-order valence-electron chi connectivity index (χ4n) is 3.28. The molecule has 0 unspecified atom stereocenters. The van der Waals surface area contributed by atoms with Crippen LogP contribution in [-0.2, 0) is 6.42 Å². The average molecular weight is 415 g/mol. The molecule has 0 spiro atoms. The summed E-state index contributed by atoms with van der Waals surface area (Å²) >= 11 is 7.16. The zero-order valence-corrected chi connectivity index (χ0v) is 16.8. The standard InChI is InChI=1S/C21H19ClN2O3S/c22-20-10-9-19(28-20)18(25)8-7-16-13-17(23-27-16)14-3-5-15(6-4-14)21(26)24-11-1-2-12-24/h3-6,9-10,13H,1-2,7-8,11-12H2. The highest BCUT2D eigenvalue weighted by atomic mass is 35.5. The van der Waals surface area contributed by atoms with Gasteiger partial charge in [0.05, 0.1) is 9.21 Å². The number of rotatable bonds is 6. The number of nitrogens with zero attached hydrogens (tertiary/aromatic N) is 2. The van der Waals surface area contributed by atoms with Gasteiger partial charge in [0.15, 0.2) is 5.78 Å². The lowest BCUT2D eigenvalue weighted by molar-refractivity contribution is 0.0792. The van der Waals surface area contributed by atoms with Crippen LogP contribution in [-0.4, -0.2) is 34.8 Å². The molecule has 144 valence electrons. The highest BCUT2D eigenvalue weighted by Crippen LogP contribution is 2.24. The third-order valence-corrected chi connectivity index (χ3v) is 6.10. The summed E-state index contributed by atoms with van der Waals surface area (Å²) < 4.78 is 5.98. The number of thiophene rings is 1.